The minimum absolute atomic E-state index is 0.175. The second-order valence-corrected chi connectivity index (χ2v) is 17.4. The molecule has 0 saturated carbocycles. The summed E-state index contributed by atoms with van der Waals surface area (Å²) in [5.41, 5.74) is 15.4. The van der Waals surface area contributed by atoms with E-state index in [1.54, 1.807) is 0 Å². The van der Waals surface area contributed by atoms with E-state index in [0.717, 1.165) is 33.7 Å². The summed E-state index contributed by atoms with van der Waals surface area (Å²) in [4.78, 5) is 2.42. The molecule has 2 unspecified atom stereocenters. The van der Waals surface area contributed by atoms with E-state index in [2.05, 4.69) is 247 Å². The van der Waals surface area contributed by atoms with Crippen LogP contribution >= 0.6 is 0 Å². The molecule has 0 saturated heterocycles. The van der Waals surface area contributed by atoms with Gasteiger partial charge in [0.25, 0.3) is 0 Å². The van der Waals surface area contributed by atoms with Gasteiger partial charge < -0.3 is 15.5 Å². The van der Waals surface area contributed by atoms with Crippen LogP contribution in [0.25, 0.3) is 66.0 Å². The van der Waals surface area contributed by atoms with E-state index in [1.807, 2.05) is 0 Å². The van der Waals surface area contributed by atoms with Crippen molar-refractivity contribution < 1.29 is 0 Å². The van der Waals surface area contributed by atoms with Crippen molar-refractivity contribution in [2.24, 2.45) is 0 Å². The van der Waals surface area contributed by atoms with Crippen molar-refractivity contribution in [3.63, 3.8) is 0 Å². The average molecular weight is 810 g/mol. The zero-order chi connectivity index (χ0) is 42.1. The number of fused-ring (bicyclic) bond motifs is 7. The highest BCUT2D eigenvalue weighted by atomic mass is 15.3. The summed E-state index contributed by atoms with van der Waals surface area (Å²) in [6.07, 6.45) is 2.06. The van der Waals surface area contributed by atoms with Crippen LogP contribution in [0.2, 0.25) is 0 Å². The summed E-state index contributed by atoms with van der Waals surface area (Å²) >= 11 is 0. The minimum atomic E-state index is -0.251. The number of benzene rings is 9. The number of hydrogen-bond donors (Lipinski definition) is 1. The second-order valence-electron chi connectivity index (χ2n) is 17.4. The molecule has 10 aromatic rings. The van der Waals surface area contributed by atoms with Gasteiger partial charge in [-0.25, -0.2) is 0 Å². The van der Waals surface area contributed by atoms with Gasteiger partial charge in [-0.3, -0.25) is 4.57 Å². The second kappa shape index (κ2) is 14.8. The average Bonchev–Trinajstić information content (AvgIpc) is 3.69. The van der Waals surface area contributed by atoms with Crippen molar-refractivity contribution in [1.29, 1.82) is 0 Å². The standard InChI is InChI=1S/C59H45N4/c1-59(2)49-24-14-15-25-52(49)62(46-21-10-5-11-22-46)53-34-32-44(36-50(53)59)45-30-33-48-55(37-45)63(54-35-31-41-18-12-13-23-47(41)57(48)54)56-38-51(60-58(61-56)43-19-8-4-9-20-43)42-28-26-40(27-29-42)39-16-6-3-7-17-39/h3-38,51,58,61H,1-2H3/q-1. The molecule has 3 heterocycles. The van der Waals surface area contributed by atoms with Gasteiger partial charge in [0, 0.05) is 21.9 Å². The fourth-order valence-electron chi connectivity index (χ4n) is 10.2. The molecule has 0 fully saturated rings. The van der Waals surface area contributed by atoms with Gasteiger partial charge >= 0.3 is 0 Å². The monoisotopic (exact) mass is 809 g/mol. The van der Waals surface area contributed by atoms with E-state index in [4.69, 9.17) is 5.32 Å². The van der Waals surface area contributed by atoms with Crippen molar-refractivity contribution in [1.82, 2.24) is 9.88 Å². The third-order valence-corrected chi connectivity index (χ3v) is 13.4. The third kappa shape index (κ3) is 6.17. The highest BCUT2D eigenvalue weighted by Gasteiger charge is 2.37. The van der Waals surface area contributed by atoms with Crippen LogP contribution in [0, 0.1) is 0 Å². The van der Waals surface area contributed by atoms with Gasteiger partial charge in [-0.2, -0.15) is 0 Å². The SMILES string of the molecule is CC1(C)c2ccccc2N(c2ccccc2)c2ccc(-c3ccc4c5c6ccccc6ccc5n(C5=CC(c6ccc(-c7ccccc7)cc6)[N-]C(c6ccccc6)N5)c4c3)cc21. The van der Waals surface area contributed by atoms with Crippen LogP contribution in [0.3, 0.4) is 0 Å². The van der Waals surface area contributed by atoms with E-state index in [1.165, 1.54) is 66.3 Å². The first-order valence-corrected chi connectivity index (χ1v) is 21.9. The van der Waals surface area contributed by atoms with E-state index in [9.17, 15) is 0 Å². The molecule has 4 heteroatoms. The first-order valence-electron chi connectivity index (χ1n) is 21.9. The van der Waals surface area contributed by atoms with E-state index in [0.29, 0.717) is 0 Å². The molecule has 1 aromatic heterocycles. The van der Waals surface area contributed by atoms with Gasteiger partial charge in [0.05, 0.1) is 22.4 Å². The maximum absolute atomic E-state index is 5.45. The molecular formula is C59H45N4-. The highest BCUT2D eigenvalue weighted by Crippen LogP contribution is 2.53. The molecule has 12 rings (SSSR count). The summed E-state index contributed by atoms with van der Waals surface area (Å²) in [7, 11) is 0. The summed E-state index contributed by atoms with van der Waals surface area (Å²) in [6.45, 7) is 4.73. The molecule has 9 aromatic carbocycles. The Bertz CT molecular complexity index is 3370. The lowest BCUT2D eigenvalue weighted by molar-refractivity contribution is 0.632. The van der Waals surface area contributed by atoms with Crippen LogP contribution in [-0.4, -0.2) is 4.57 Å². The Balaban J connectivity index is 1.04. The molecule has 2 atom stereocenters. The molecule has 4 nitrogen and oxygen atoms in total. The normalized spacial score (nSPS) is 16.7. The lowest BCUT2D eigenvalue weighted by Crippen LogP contribution is -2.30. The summed E-state index contributed by atoms with van der Waals surface area (Å²) in [6, 6.07) is 77.0. The van der Waals surface area contributed by atoms with Crippen LogP contribution in [0.1, 0.15) is 48.3 Å². The van der Waals surface area contributed by atoms with Crippen LogP contribution in [0.4, 0.5) is 17.1 Å². The van der Waals surface area contributed by atoms with Gasteiger partial charge in [-0.05, 0) is 98.3 Å². The van der Waals surface area contributed by atoms with Crippen molar-refractivity contribution in [2.75, 3.05) is 4.90 Å². The van der Waals surface area contributed by atoms with Gasteiger partial charge in [0.1, 0.15) is 5.82 Å². The maximum Gasteiger partial charge on any atom is 0.104 e. The fourth-order valence-corrected chi connectivity index (χ4v) is 10.2. The Kier molecular flexibility index (Phi) is 8.70. The Labute approximate surface area is 368 Å². The van der Waals surface area contributed by atoms with Crippen molar-refractivity contribution in [2.45, 2.75) is 31.5 Å². The van der Waals surface area contributed by atoms with Crippen molar-refractivity contribution in [3.8, 4) is 22.3 Å². The Morgan fingerprint density at radius 1 is 0.476 bits per heavy atom. The quantitative estimate of drug-likeness (QED) is 0.182. The molecule has 2 aliphatic rings. The maximum atomic E-state index is 5.45. The molecular weight excluding hydrogens is 765 g/mol. The van der Waals surface area contributed by atoms with E-state index < -0.39 is 0 Å². The lowest BCUT2D eigenvalue weighted by Gasteiger charge is -2.45. The largest absolute Gasteiger partial charge is 0.629 e. The number of para-hydroxylation sites is 2. The number of rotatable bonds is 6. The zero-order valence-corrected chi connectivity index (χ0v) is 35.3. The molecule has 0 radical (unpaired) electrons. The van der Waals surface area contributed by atoms with Gasteiger partial charge in [-0.15, -0.1) is 0 Å². The van der Waals surface area contributed by atoms with Gasteiger partial charge in [-0.1, -0.05) is 201 Å². The molecule has 0 aliphatic carbocycles. The number of anilines is 3. The van der Waals surface area contributed by atoms with Crippen LogP contribution in [0.15, 0.2) is 218 Å². The molecule has 0 bridgehead atoms. The predicted molar refractivity (Wildman–Crippen MR) is 264 cm³/mol. The van der Waals surface area contributed by atoms with Crippen LogP contribution < -0.4 is 10.2 Å². The number of nitrogens with zero attached hydrogens (tertiary/aromatic N) is 3. The smallest absolute Gasteiger partial charge is 0.104 e. The molecule has 63 heavy (non-hydrogen) atoms. The highest BCUT2D eigenvalue weighted by molar-refractivity contribution is 6.22. The molecule has 0 amide bonds. The number of hydrogen-bond acceptors (Lipinski definition) is 2. The van der Waals surface area contributed by atoms with Crippen LogP contribution in [0.5, 0.6) is 0 Å². The van der Waals surface area contributed by atoms with Crippen molar-refractivity contribution >= 4 is 55.5 Å². The number of aromatic nitrogens is 1. The molecule has 2 aliphatic heterocycles. The topological polar surface area (TPSA) is 34.3 Å². The van der Waals surface area contributed by atoms with Crippen LogP contribution in [-0.2, 0) is 5.41 Å². The Morgan fingerprint density at radius 3 is 1.92 bits per heavy atom. The molecule has 0 spiro atoms. The first-order chi connectivity index (χ1) is 31.0. The fraction of sp³-hybridized carbons (Fsp3) is 0.0847. The van der Waals surface area contributed by atoms with E-state index >= 15 is 0 Å². The first kappa shape index (κ1) is 37.1. The van der Waals surface area contributed by atoms with Crippen molar-refractivity contribution in [3.05, 3.63) is 246 Å². The van der Waals surface area contributed by atoms with E-state index in [-0.39, 0.29) is 17.6 Å². The zero-order valence-electron chi connectivity index (χ0n) is 35.3. The summed E-state index contributed by atoms with van der Waals surface area (Å²) in [5.74, 6) is 1.02. The van der Waals surface area contributed by atoms with Gasteiger partial charge in [0.15, 0.2) is 0 Å². The Hall–Kier alpha value is -7.66. The Morgan fingerprint density at radius 2 is 1.11 bits per heavy atom. The molecule has 1 N–H and O–H groups in total. The lowest BCUT2D eigenvalue weighted by atomic mass is 9.73. The molecule has 302 valence electrons. The van der Waals surface area contributed by atoms with Gasteiger partial charge in [0.2, 0.25) is 0 Å². The number of nitrogens with one attached hydrogen (secondary N) is 1. The summed E-state index contributed by atoms with van der Waals surface area (Å²) < 4.78 is 2.45. The minimum Gasteiger partial charge on any atom is -0.629 e. The third-order valence-electron chi connectivity index (χ3n) is 13.4. The summed E-state index contributed by atoms with van der Waals surface area (Å²) in [5, 5.41) is 14.3. The predicted octanol–water partition coefficient (Wildman–Crippen LogP) is 15.6.